The van der Waals surface area contributed by atoms with E-state index in [1.165, 1.54) is 6.42 Å². The van der Waals surface area contributed by atoms with Crippen molar-refractivity contribution in [2.75, 3.05) is 13.1 Å². The van der Waals surface area contributed by atoms with E-state index in [4.69, 9.17) is 6.42 Å². The minimum atomic E-state index is -0.393. The molecule has 1 rings (SSSR count). The van der Waals surface area contributed by atoms with Crippen LogP contribution in [0.5, 0.6) is 0 Å². The van der Waals surface area contributed by atoms with Crippen molar-refractivity contribution in [3.8, 4) is 12.3 Å². The van der Waals surface area contributed by atoms with Gasteiger partial charge >= 0.3 is 0 Å². The van der Waals surface area contributed by atoms with Gasteiger partial charge in [-0.1, -0.05) is 0 Å². The van der Waals surface area contributed by atoms with Crippen molar-refractivity contribution in [1.82, 2.24) is 5.32 Å². The van der Waals surface area contributed by atoms with E-state index in [0.717, 1.165) is 38.8 Å². The number of hydrogen-bond donors (Lipinski definition) is 2. The molecule has 2 heteroatoms. The molecule has 1 saturated carbocycles. The molecule has 0 aromatic carbocycles. The van der Waals surface area contributed by atoms with Crippen LogP contribution in [0.3, 0.4) is 0 Å². The number of rotatable bonds is 5. The first-order chi connectivity index (χ1) is 5.77. The van der Waals surface area contributed by atoms with Crippen molar-refractivity contribution in [2.24, 2.45) is 0 Å². The van der Waals surface area contributed by atoms with E-state index < -0.39 is 5.60 Å². The van der Waals surface area contributed by atoms with Crippen LogP contribution in [0.4, 0.5) is 0 Å². The highest BCUT2D eigenvalue weighted by Gasteiger charge is 2.33. The van der Waals surface area contributed by atoms with Crippen LogP contribution in [-0.4, -0.2) is 23.8 Å². The van der Waals surface area contributed by atoms with E-state index in [0.29, 0.717) is 0 Å². The molecule has 0 aliphatic heterocycles. The normalized spacial score (nSPS) is 19.7. The number of terminal acetylenes is 1. The van der Waals surface area contributed by atoms with Gasteiger partial charge in [0.05, 0.1) is 5.60 Å². The van der Waals surface area contributed by atoms with Crippen molar-refractivity contribution in [2.45, 2.75) is 37.7 Å². The van der Waals surface area contributed by atoms with Gasteiger partial charge in [0.15, 0.2) is 0 Å². The monoisotopic (exact) mass is 167 g/mol. The molecule has 68 valence electrons. The third kappa shape index (κ3) is 2.84. The predicted octanol–water partition coefficient (Wildman–Crippen LogP) is 0.904. The van der Waals surface area contributed by atoms with Crippen LogP contribution in [0, 0.1) is 12.3 Å². The van der Waals surface area contributed by atoms with Crippen LogP contribution < -0.4 is 5.32 Å². The highest BCUT2D eigenvalue weighted by atomic mass is 16.3. The Bertz CT molecular complexity index is 167. The Morgan fingerprint density at radius 1 is 1.50 bits per heavy atom. The molecule has 2 N–H and O–H groups in total. The zero-order chi connectivity index (χ0) is 8.86. The van der Waals surface area contributed by atoms with Gasteiger partial charge in [-0.3, -0.25) is 0 Å². The Labute approximate surface area is 74.4 Å². The summed E-state index contributed by atoms with van der Waals surface area (Å²) in [5.41, 5.74) is -0.393. The largest absolute Gasteiger partial charge is 0.389 e. The summed E-state index contributed by atoms with van der Waals surface area (Å²) in [5.74, 6) is 2.59. The second-order valence-electron chi connectivity index (χ2n) is 3.56. The molecule has 0 heterocycles. The van der Waals surface area contributed by atoms with Crippen LogP contribution in [0.15, 0.2) is 0 Å². The maximum atomic E-state index is 9.66. The number of nitrogens with one attached hydrogen (secondary N) is 1. The number of hydrogen-bond acceptors (Lipinski definition) is 2. The van der Waals surface area contributed by atoms with Crippen LogP contribution in [-0.2, 0) is 0 Å². The zero-order valence-corrected chi connectivity index (χ0v) is 7.47. The second kappa shape index (κ2) is 4.49. The molecule has 0 amide bonds. The summed E-state index contributed by atoms with van der Waals surface area (Å²) in [5, 5.41) is 12.9. The molecule has 0 aromatic rings. The topological polar surface area (TPSA) is 32.3 Å². The Hall–Kier alpha value is -0.520. The quantitative estimate of drug-likeness (QED) is 0.471. The summed E-state index contributed by atoms with van der Waals surface area (Å²) in [6.45, 7) is 1.66. The maximum Gasteiger partial charge on any atom is 0.0771 e. The molecular weight excluding hydrogens is 150 g/mol. The molecule has 12 heavy (non-hydrogen) atoms. The molecular formula is C10H17NO. The summed E-state index contributed by atoms with van der Waals surface area (Å²) in [4.78, 5) is 0. The molecule has 0 aromatic heterocycles. The van der Waals surface area contributed by atoms with Crippen molar-refractivity contribution >= 4 is 0 Å². The number of unbranched alkanes of at least 4 members (excludes halogenated alkanes) is 1. The first kappa shape index (κ1) is 9.57. The lowest BCUT2D eigenvalue weighted by Gasteiger charge is -2.36. The van der Waals surface area contributed by atoms with Crippen LogP contribution in [0.25, 0.3) is 0 Å². The lowest BCUT2D eigenvalue weighted by Crippen LogP contribution is -2.46. The summed E-state index contributed by atoms with van der Waals surface area (Å²) in [6, 6.07) is 0. The van der Waals surface area contributed by atoms with E-state index in [1.807, 2.05) is 0 Å². The summed E-state index contributed by atoms with van der Waals surface area (Å²) >= 11 is 0. The smallest absolute Gasteiger partial charge is 0.0771 e. The van der Waals surface area contributed by atoms with E-state index in [1.54, 1.807) is 0 Å². The van der Waals surface area contributed by atoms with Crippen molar-refractivity contribution in [3.63, 3.8) is 0 Å². The molecule has 1 aliphatic rings. The van der Waals surface area contributed by atoms with Crippen LogP contribution in [0.2, 0.25) is 0 Å². The first-order valence-electron chi connectivity index (χ1n) is 4.63. The van der Waals surface area contributed by atoms with Gasteiger partial charge in [-0.2, -0.15) is 0 Å². The summed E-state index contributed by atoms with van der Waals surface area (Å²) in [7, 11) is 0. The molecule has 0 atom stereocenters. The predicted molar refractivity (Wildman–Crippen MR) is 49.7 cm³/mol. The third-order valence-corrected chi connectivity index (χ3v) is 2.41. The Morgan fingerprint density at radius 3 is 2.75 bits per heavy atom. The minimum absolute atomic E-state index is 0.393. The second-order valence-corrected chi connectivity index (χ2v) is 3.56. The van der Waals surface area contributed by atoms with Gasteiger partial charge in [0.2, 0.25) is 0 Å². The first-order valence-corrected chi connectivity index (χ1v) is 4.63. The van der Waals surface area contributed by atoms with Crippen molar-refractivity contribution in [3.05, 3.63) is 0 Å². The fourth-order valence-corrected chi connectivity index (χ4v) is 1.40. The molecule has 0 unspecified atom stereocenters. The molecule has 0 saturated heterocycles. The zero-order valence-electron chi connectivity index (χ0n) is 7.47. The standard InChI is InChI=1S/C10H17NO/c1-2-3-4-8-11-9-10(12)6-5-7-10/h1,11-12H,3-9H2. The minimum Gasteiger partial charge on any atom is -0.389 e. The van der Waals surface area contributed by atoms with Gasteiger partial charge in [-0.15, -0.1) is 12.3 Å². The average Bonchev–Trinajstić information content (AvgIpc) is 2.01. The van der Waals surface area contributed by atoms with Gasteiger partial charge in [0, 0.05) is 13.0 Å². The fraction of sp³-hybridized carbons (Fsp3) is 0.800. The summed E-state index contributed by atoms with van der Waals surface area (Å²) in [6.07, 6.45) is 10.0. The highest BCUT2D eigenvalue weighted by molar-refractivity contribution is 4.89. The molecule has 1 fully saturated rings. The Morgan fingerprint density at radius 2 is 2.25 bits per heavy atom. The third-order valence-electron chi connectivity index (χ3n) is 2.41. The van der Waals surface area contributed by atoms with Crippen molar-refractivity contribution in [1.29, 1.82) is 0 Å². The Kier molecular flexibility index (Phi) is 3.58. The van der Waals surface area contributed by atoms with Crippen molar-refractivity contribution < 1.29 is 5.11 Å². The average molecular weight is 167 g/mol. The Balaban J connectivity index is 1.92. The molecule has 0 spiro atoms. The van der Waals surface area contributed by atoms with Gasteiger partial charge in [0.1, 0.15) is 0 Å². The lowest BCUT2D eigenvalue weighted by atomic mass is 9.80. The lowest BCUT2D eigenvalue weighted by molar-refractivity contribution is -0.0310. The molecule has 1 aliphatic carbocycles. The van der Waals surface area contributed by atoms with E-state index in [2.05, 4.69) is 11.2 Å². The highest BCUT2D eigenvalue weighted by Crippen LogP contribution is 2.30. The maximum absolute atomic E-state index is 9.66. The van der Waals surface area contributed by atoms with Gasteiger partial charge in [-0.25, -0.2) is 0 Å². The van der Waals surface area contributed by atoms with Crippen LogP contribution in [0.1, 0.15) is 32.1 Å². The van der Waals surface area contributed by atoms with E-state index in [9.17, 15) is 5.11 Å². The van der Waals surface area contributed by atoms with Gasteiger partial charge in [-0.05, 0) is 32.2 Å². The number of aliphatic hydroxyl groups is 1. The van der Waals surface area contributed by atoms with Gasteiger partial charge < -0.3 is 10.4 Å². The molecule has 0 radical (unpaired) electrons. The SMILES string of the molecule is C#CCCCNCC1(O)CCC1. The van der Waals surface area contributed by atoms with Gasteiger partial charge in [0.25, 0.3) is 0 Å². The molecule has 2 nitrogen and oxygen atoms in total. The summed E-state index contributed by atoms with van der Waals surface area (Å²) < 4.78 is 0. The van der Waals surface area contributed by atoms with E-state index >= 15 is 0 Å². The molecule has 0 bridgehead atoms. The fourth-order valence-electron chi connectivity index (χ4n) is 1.40. The van der Waals surface area contributed by atoms with Crippen LogP contribution >= 0.6 is 0 Å². The van der Waals surface area contributed by atoms with E-state index in [-0.39, 0.29) is 0 Å².